The number of halogens is 1. The normalized spacial score (nSPS) is 16.2. The van der Waals surface area contributed by atoms with E-state index < -0.39 is 12.0 Å². The average Bonchev–Trinajstić information content (AvgIpc) is 3.09. The van der Waals surface area contributed by atoms with Crippen molar-refractivity contribution in [1.82, 2.24) is 4.57 Å². The molecular weight excluding hydrogens is 444 g/mol. The van der Waals surface area contributed by atoms with Crippen molar-refractivity contribution in [3.8, 4) is 0 Å². The molecule has 5 nitrogen and oxygen atoms in total. The monoisotopic (exact) mass is 464 g/mol. The summed E-state index contributed by atoms with van der Waals surface area (Å²) < 4.78 is 7.37. The maximum Gasteiger partial charge on any atom is 0.338 e. The molecule has 7 heteroatoms. The van der Waals surface area contributed by atoms with Crippen LogP contribution in [0, 0.1) is 0 Å². The van der Waals surface area contributed by atoms with Gasteiger partial charge in [-0.05, 0) is 43.2 Å². The van der Waals surface area contributed by atoms with Crippen molar-refractivity contribution >= 4 is 41.1 Å². The summed E-state index contributed by atoms with van der Waals surface area (Å²) in [7, 11) is 0. The number of thiazole rings is 1. The Balaban J connectivity index is 1.87. The fourth-order valence-electron chi connectivity index (χ4n) is 3.49. The van der Waals surface area contributed by atoms with E-state index in [2.05, 4.69) is 4.99 Å². The van der Waals surface area contributed by atoms with Crippen LogP contribution in [-0.2, 0) is 9.53 Å². The molecule has 0 spiro atoms. The highest BCUT2D eigenvalue weighted by molar-refractivity contribution is 7.07. The molecule has 1 aromatic heterocycles. The highest BCUT2D eigenvalue weighted by Crippen LogP contribution is 2.26. The van der Waals surface area contributed by atoms with Gasteiger partial charge in [-0.2, -0.15) is 0 Å². The summed E-state index contributed by atoms with van der Waals surface area (Å²) in [4.78, 5) is 31.3. The van der Waals surface area contributed by atoms with Gasteiger partial charge in [-0.3, -0.25) is 9.36 Å². The van der Waals surface area contributed by atoms with Gasteiger partial charge in [0, 0.05) is 5.02 Å². The van der Waals surface area contributed by atoms with Gasteiger partial charge in [0.25, 0.3) is 5.56 Å². The number of hydrogen-bond acceptors (Lipinski definition) is 5. The fourth-order valence-corrected chi connectivity index (χ4v) is 4.67. The third-order valence-corrected chi connectivity index (χ3v) is 6.23. The molecule has 1 atom stereocenters. The molecule has 0 saturated carbocycles. The second-order valence-electron chi connectivity index (χ2n) is 7.17. The third-order valence-electron chi connectivity index (χ3n) is 5.00. The van der Waals surface area contributed by atoms with Crippen molar-refractivity contribution in [2.45, 2.75) is 19.9 Å². The van der Waals surface area contributed by atoms with Crippen LogP contribution in [-0.4, -0.2) is 17.1 Å². The topological polar surface area (TPSA) is 60.7 Å². The minimum atomic E-state index is -0.613. The number of fused-ring (bicyclic) bond motifs is 1. The Kier molecular flexibility index (Phi) is 6.53. The maximum absolute atomic E-state index is 13.4. The lowest BCUT2D eigenvalue weighted by molar-refractivity contribution is -0.139. The van der Waals surface area contributed by atoms with Gasteiger partial charge < -0.3 is 4.74 Å². The van der Waals surface area contributed by atoms with Crippen molar-refractivity contribution < 1.29 is 9.53 Å². The van der Waals surface area contributed by atoms with E-state index in [9.17, 15) is 9.59 Å². The minimum absolute atomic E-state index is 0.208. The zero-order valence-electron chi connectivity index (χ0n) is 17.6. The second-order valence-corrected chi connectivity index (χ2v) is 8.61. The molecule has 0 fully saturated rings. The molecule has 0 radical (unpaired) electrons. The molecule has 1 aliphatic rings. The fraction of sp³-hybridized carbons (Fsp3) is 0.160. The van der Waals surface area contributed by atoms with Crippen LogP contribution in [0.4, 0.5) is 0 Å². The number of rotatable bonds is 5. The van der Waals surface area contributed by atoms with Gasteiger partial charge in [0.15, 0.2) is 4.80 Å². The predicted octanol–water partition coefficient (Wildman–Crippen LogP) is 4.12. The number of aromatic nitrogens is 1. The van der Waals surface area contributed by atoms with Crippen LogP contribution in [0.25, 0.3) is 12.2 Å². The lowest BCUT2D eigenvalue weighted by Crippen LogP contribution is -2.38. The number of benzene rings is 2. The Morgan fingerprint density at radius 2 is 1.88 bits per heavy atom. The molecule has 0 aliphatic carbocycles. The maximum atomic E-state index is 13.4. The van der Waals surface area contributed by atoms with Gasteiger partial charge in [-0.1, -0.05) is 77.6 Å². The van der Waals surface area contributed by atoms with Crippen molar-refractivity contribution in [1.29, 1.82) is 0 Å². The number of esters is 1. The highest BCUT2D eigenvalue weighted by atomic mass is 35.5. The Bertz CT molecular complexity index is 1380. The van der Waals surface area contributed by atoms with Crippen molar-refractivity contribution in [3.05, 3.63) is 108 Å². The number of hydrogen-bond donors (Lipinski definition) is 0. The Morgan fingerprint density at radius 1 is 1.16 bits per heavy atom. The van der Waals surface area contributed by atoms with E-state index in [1.807, 2.05) is 60.7 Å². The van der Waals surface area contributed by atoms with Gasteiger partial charge in [0.2, 0.25) is 0 Å². The van der Waals surface area contributed by atoms with E-state index in [0.717, 1.165) is 11.1 Å². The van der Waals surface area contributed by atoms with Crippen LogP contribution in [0.1, 0.15) is 31.0 Å². The van der Waals surface area contributed by atoms with Gasteiger partial charge in [-0.15, -0.1) is 0 Å². The molecule has 1 aliphatic heterocycles. The van der Waals surface area contributed by atoms with E-state index in [4.69, 9.17) is 16.3 Å². The van der Waals surface area contributed by atoms with Gasteiger partial charge in [0.1, 0.15) is 0 Å². The zero-order chi connectivity index (χ0) is 22.7. The lowest BCUT2D eigenvalue weighted by atomic mass is 10.0. The van der Waals surface area contributed by atoms with E-state index in [-0.39, 0.29) is 12.2 Å². The number of carbonyl (C=O) groups excluding carboxylic acids is 1. The molecule has 32 heavy (non-hydrogen) atoms. The SMILES string of the molecule is CCOC(=O)C1=C(C)N=c2sc(=Cc3ccc(Cl)cc3)c(=O)n2[C@@H]1/C=C\c1ccccc1. The Morgan fingerprint density at radius 3 is 2.56 bits per heavy atom. The number of nitrogens with zero attached hydrogens (tertiary/aromatic N) is 2. The van der Waals surface area contributed by atoms with Crippen molar-refractivity contribution in [3.63, 3.8) is 0 Å². The van der Waals surface area contributed by atoms with Gasteiger partial charge in [-0.25, -0.2) is 9.79 Å². The van der Waals surface area contributed by atoms with E-state index in [1.165, 1.54) is 11.3 Å². The van der Waals surface area contributed by atoms with Crippen LogP contribution in [0.3, 0.4) is 0 Å². The summed E-state index contributed by atoms with van der Waals surface area (Å²) >= 11 is 7.26. The standard InChI is InChI=1S/C25H21ClN2O3S/c1-3-31-24(30)22-16(2)27-25-28(20(22)14-11-17-7-5-4-6-8-17)23(29)21(32-25)15-18-9-12-19(26)13-10-18/h4-15,20H,3H2,1-2H3/b14-11-,21-15?/t20-/m1/s1. The quantitative estimate of drug-likeness (QED) is 0.534. The molecule has 0 bridgehead atoms. The average molecular weight is 465 g/mol. The molecule has 2 aromatic carbocycles. The smallest absolute Gasteiger partial charge is 0.338 e. The Labute approximate surface area is 194 Å². The number of allylic oxidation sites excluding steroid dienone is 2. The van der Waals surface area contributed by atoms with Crippen LogP contribution in [0.15, 0.2) is 81.7 Å². The van der Waals surface area contributed by atoms with Gasteiger partial charge in [0.05, 0.1) is 28.5 Å². The molecule has 4 rings (SSSR count). The van der Waals surface area contributed by atoms with E-state index in [1.54, 1.807) is 30.5 Å². The van der Waals surface area contributed by atoms with Crippen molar-refractivity contribution in [2.24, 2.45) is 4.99 Å². The summed E-state index contributed by atoms with van der Waals surface area (Å²) in [6.45, 7) is 3.77. The molecule has 0 saturated heterocycles. The first-order valence-electron chi connectivity index (χ1n) is 10.2. The van der Waals surface area contributed by atoms with E-state index in [0.29, 0.717) is 25.6 Å². The van der Waals surface area contributed by atoms with E-state index >= 15 is 0 Å². The van der Waals surface area contributed by atoms with Crippen LogP contribution >= 0.6 is 22.9 Å². The second kappa shape index (κ2) is 9.51. The molecule has 0 N–H and O–H groups in total. The van der Waals surface area contributed by atoms with Gasteiger partial charge >= 0.3 is 5.97 Å². The highest BCUT2D eigenvalue weighted by Gasteiger charge is 2.30. The minimum Gasteiger partial charge on any atom is -0.463 e. The summed E-state index contributed by atoms with van der Waals surface area (Å²) in [5, 5.41) is 0.629. The first-order chi connectivity index (χ1) is 15.5. The summed E-state index contributed by atoms with van der Waals surface area (Å²) in [6.07, 6.45) is 5.56. The van der Waals surface area contributed by atoms with Crippen LogP contribution in [0.5, 0.6) is 0 Å². The summed E-state index contributed by atoms with van der Waals surface area (Å²) in [6, 6.07) is 16.4. The summed E-state index contributed by atoms with van der Waals surface area (Å²) in [5.74, 6) is -0.469. The molecule has 2 heterocycles. The lowest BCUT2D eigenvalue weighted by Gasteiger charge is -2.21. The first-order valence-corrected chi connectivity index (χ1v) is 11.4. The largest absolute Gasteiger partial charge is 0.463 e. The molecule has 162 valence electrons. The zero-order valence-corrected chi connectivity index (χ0v) is 19.2. The molecule has 0 amide bonds. The molecule has 3 aromatic rings. The third kappa shape index (κ3) is 4.52. The van der Waals surface area contributed by atoms with Crippen LogP contribution < -0.4 is 14.9 Å². The molecule has 0 unspecified atom stereocenters. The Hall–Kier alpha value is -3.22. The predicted molar refractivity (Wildman–Crippen MR) is 128 cm³/mol. The van der Waals surface area contributed by atoms with Crippen LogP contribution in [0.2, 0.25) is 5.02 Å². The van der Waals surface area contributed by atoms with Crippen molar-refractivity contribution in [2.75, 3.05) is 6.61 Å². The summed E-state index contributed by atoms with van der Waals surface area (Å²) in [5.41, 5.74) is 2.53. The number of ether oxygens (including phenoxy) is 1. The molecular formula is C25H21ClN2O3S. The number of carbonyl (C=O) groups is 1. The first kappa shape index (κ1) is 22.0.